The molecule has 1 N–H and O–H groups in total. The number of amides is 1. The fourth-order valence-corrected chi connectivity index (χ4v) is 3.07. The first-order valence-electron chi connectivity index (χ1n) is 8.19. The lowest BCUT2D eigenvalue weighted by atomic mass is 10.1. The Bertz CT molecular complexity index is 730. The molecule has 25 heavy (non-hydrogen) atoms. The predicted octanol–water partition coefficient (Wildman–Crippen LogP) is 2.34. The number of nitrogens with one attached hydrogen (secondary N) is 1. The third-order valence-electron chi connectivity index (χ3n) is 4.50. The van der Waals surface area contributed by atoms with Crippen molar-refractivity contribution in [2.45, 2.75) is 32.4 Å². The SMILES string of the molecule is Cc1c(C(=O)N(C)Cc2ccccc2F)nnn1C1CCNCC1.Cl. The summed E-state index contributed by atoms with van der Waals surface area (Å²) in [7, 11) is 1.65. The minimum absolute atomic E-state index is 0. The van der Waals surface area contributed by atoms with Gasteiger partial charge in [0.25, 0.3) is 5.91 Å². The number of rotatable bonds is 4. The number of benzene rings is 1. The van der Waals surface area contributed by atoms with E-state index in [1.54, 1.807) is 25.2 Å². The van der Waals surface area contributed by atoms with E-state index in [-0.39, 0.29) is 36.7 Å². The predicted molar refractivity (Wildman–Crippen MR) is 95.3 cm³/mol. The lowest BCUT2D eigenvalue weighted by molar-refractivity contribution is 0.0777. The summed E-state index contributed by atoms with van der Waals surface area (Å²) in [5.41, 5.74) is 1.59. The largest absolute Gasteiger partial charge is 0.336 e. The van der Waals surface area contributed by atoms with E-state index in [4.69, 9.17) is 0 Å². The highest BCUT2D eigenvalue weighted by atomic mass is 35.5. The second kappa shape index (κ2) is 8.40. The molecule has 1 aliphatic rings. The Morgan fingerprint density at radius 1 is 1.36 bits per heavy atom. The van der Waals surface area contributed by atoms with Crippen LogP contribution in [0.5, 0.6) is 0 Å². The Hall–Kier alpha value is -1.99. The molecular formula is C17H23ClFN5O. The molecule has 6 nitrogen and oxygen atoms in total. The normalized spacial score (nSPS) is 14.8. The van der Waals surface area contributed by atoms with Crippen LogP contribution in [0.15, 0.2) is 24.3 Å². The van der Waals surface area contributed by atoms with Gasteiger partial charge < -0.3 is 10.2 Å². The minimum Gasteiger partial charge on any atom is -0.336 e. The molecule has 2 aromatic rings. The van der Waals surface area contributed by atoms with Gasteiger partial charge in [-0.25, -0.2) is 9.07 Å². The van der Waals surface area contributed by atoms with E-state index in [0.29, 0.717) is 11.3 Å². The van der Waals surface area contributed by atoms with Gasteiger partial charge in [0, 0.05) is 19.2 Å². The molecule has 1 aromatic heterocycles. The Morgan fingerprint density at radius 2 is 2.04 bits per heavy atom. The van der Waals surface area contributed by atoms with Gasteiger partial charge in [0.05, 0.1) is 11.7 Å². The molecule has 0 spiro atoms. The van der Waals surface area contributed by atoms with E-state index < -0.39 is 0 Å². The molecule has 2 heterocycles. The molecule has 3 rings (SSSR count). The maximum Gasteiger partial charge on any atom is 0.276 e. The maximum atomic E-state index is 13.8. The van der Waals surface area contributed by atoms with E-state index in [9.17, 15) is 9.18 Å². The molecule has 1 saturated heterocycles. The average molecular weight is 368 g/mol. The molecule has 0 unspecified atom stereocenters. The summed E-state index contributed by atoms with van der Waals surface area (Å²) in [6.45, 7) is 3.96. The number of carbonyl (C=O) groups is 1. The molecule has 1 amide bonds. The first-order chi connectivity index (χ1) is 11.6. The van der Waals surface area contributed by atoms with Crippen LogP contribution >= 0.6 is 12.4 Å². The highest BCUT2D eigenvalue weighted by Gasteiger charge is 2.25. The van der Waals surface area contributed by atoms with Crippen molar-refractivity contribution in [3.63, 3.8) is 0 Å². The van der Waals surface area contributed by atoms with E-state index in [0.717, 1.165) is 31.6 Å². The number of halogens is 2. The van der Waals surface area contributed by atoms with E-state index >= 15 is 0 Å². The molecule has 0 bridgehead atoms. The van der Waals surface area contributed by atoms with Crippen LogP contribution in [0.4, 0.5) is 4.39 Å². The van der Waals surface area contributed by atoms with E-state index in [1.165, 1.54) is 11.0 Å². The van der Waals surface area contributed by atoms with Gasteiger partial charge in [-0.15, -0.1) is 17.5 Å². The van der Waals surface area contributed by atoms with Crippen LogP contribution in [0.2, 0.25) is 0 Å². The zero-order chi connectivity index (χ0) is 17.1. The first-order valence-corrected chi connectivity index (χ1v) is 8.19. The van der Waals surface area contributed by atoms with Crippen LogP contribution in [-0.4, -0.2) is 45.9 Å². The Morgan fingerprint density at radius 3 is 2.72 bits per heavy atom. The Labute approximate surface area is 152 Å². The van der Waals surface area contributed by atoms with Crippen LogP contribution < -0.4 is 5.32 Å². The Balaban J connectivity index is 0.00000225. The van der Waals surface area contributed by atoms with Crippen molar-refractivity contribution in [3.8, 4) is 0 Å². The number of nitrogens with zero attached hydrogens (tertiary/aromatic N) is 4. The van der Waals surface area contributed by atoms with Gasteiger partial charge in [0.1, 0.15) is 5.82 Å². The van der Waals surface area contributed by atoms with Crippen LogP contribution in [0, 0.1) is 12.7 Å². The fourth-order valence-electron chi connectivity index (χ4n) is 3.07. The molecular weight excluding hydrogens is 345 g/mol. The van der Waals surface area contributed by atoms with Crippen LogP contribution in [-0.2, 0) is 6.54 Å². The molecule has 136 valence electrons. The molecule has 1 aliphatic heterocycles. The topological polar surface area (TPSA) is 63.1 Å². The summed E-state index contributed by atoms with van der Waals surface area (Å²) in [6.07, 6.45) is 1.95. The number of aromatic nitrogens is 3. The standard InChI is InChI=1S/C17H22FN5O.ClH/c1-12-16(20-21-23(12)14-7-9-19-10-8-14)17(24)22(2)11-13-5-3-4-6-15(13)18;/h3-6,14,19H,7-11H2,1-2H3;1H. The van der Waals surface area contributed by atoms with Crippen molar-refractivity contribution in [1.29, 1.82) is 0 Å². The summed E-state index contributed by atoms with van der Waals surface area (Å²) in [5.74, 6) is -0.553. The summed E-state index contributed by atoms with van der Waals surface area (Å²) in [4.78, 5) is 14.1. The first kappa shape index (κ1) is 19.3. The summed E-state index contributed by atoms with van der Waals surface area (Å²) in [6, 6.07) is 6.74. The second-order valence-corrected chi connectivity index (χ2v) is 6.20. The summed E-state index contributed by atoms with van der Waals surface area (Å²) >= 11 is 0. The van der Waals surface area contributed by atoms with Crippen molar-refractivity contribution in [2.75, 3.05) is 20.1 Å². The molecule has 8 heteroatoms. The van der Waals surface area contributed by atoms with Gasteiger partial charge in [0.15, 0.2) is 5.69 Å². The van der Waals surface area contributed by atoms with Crippen molar-refractivity contribution in [1.82, 2.24) is 25.2 Å². The molecule has 0 saturated carbocycles. The third kappa shape index (κ3) is 4.16. The number of hydrogen-bond acceptors (Lipinski definition) is 4. The van der Waals surface area contributed by atoms with Gasteiger partial charge in [-0.3, -0.25) is 4.79 Å². The number of carbonyl (C=O) groups excluding carboxylic acids is 1. The minimum atomic E-state index is -0.313. The highest BCUT2D eigenvalue weighted by Crippen LogP contribution is 2.21. The molecule has 1 fully saturated rings. The van der Waals surface area contributed by atoms with Crippen molar-refractivity contribution in [3.05, 3.63) is 47.0 Å². The van der Waals surface area contributed by atoms with Crippen LogP contribution in [0.3, 0.4) is 0 Å². The molecule has 0 radical (unpaired) electrons. The average Bonchev–Trinajstić information content (AvgIpc) is 2.98. The van der Waals surface area contributed by atoms with Crippen molar-refractivity contribution >= 4 is 18.3 Å². The monoisotopic (exact) mass is 367 g/mol. The third-order valence-corrected chi connectivity index (χ3v) is 4.50. The van der Waals surface area contributed by atoms with Gasteiger partial charge in [-0.2, -0.15) is 0 Å². The highest BCUT2D eigenvalue weighted by molar-refractivity contribution is 5.93. The van der Waals surface area contributed by atoms with Gasteiger partial charge in [0.2, 0.25) is 0 Å². The van der Waals surface area contributed by atoms with E-state index in [2.05, 4.69) is 15.6 Å². The summed E-state index contributed by atoms with van der Waals surface area (Å²) < 4.78 is 15.6. The van der Waals surface area contributed by atoms with Gasteiger partial charge >= 0.3 is 0 Å². The van der Waals surface area contributed by atoms with Gasteiger partial charge in [-0.05, 0) is 38.9 Å². The fraction of sp³-hybridized carbons (Fsp3) is 0.471. The van der Waals surface area contributed by atoms with Crippen molar-refractivity contribution in [2.24, 2.45) is 0 Å². The molecule has 0 atom stereocenters. The quantitative estimate of drug-likeness (QED) is 0.901. The summed E-state index contributed by atoms with van der Waals surface area (Å²) in [5, 5.41) is 11.6. The number of piperidine rings is 1. The smallest absolute Gasteiger partial charge is 0.276 e. The zero-order valence-electron chi connectivity index (χ0n) is 14.4. The number of hydrogen-bond donors (Lipinski definition) is 1. The molecule has 1 aromatic carbocycles. The van der Waals surface area contributed by atoms with Gasteiger partial charge in [-0.1, -0.05) is 23.4 Å². The Kier molecular flexibility index (Phi) is 6.50. The zero-order valence-corrected chi connectivity index (χ0v) is 15.2. The molecule has 0 aliphatic carbocycles. The van der Waals surface area contributed by atoms with Crippen LogP contribution in [0.25, 0.3) is 0 Å². The van der Waals surface area contributed by atoms with E-state index in [1.807, 2.05) is 11.6 Å². The van der Waals surface area contributed by atoms with Crippen molar-refractivity contribution < 1.29 is 9.18 Å². The maximum absolute atomic E-state index is 13.8. The van der Waals surface area contributed by atoms with Crippen LogP contribution in [0.1, 0.15) is 40.6 Å². The second-order valence-electron chi connectivity index (χ2n) is 6.20. The lowest BCUT2D eigenvalue weighted by Crippen LogP contribution is -2.31. The lowest BCUT2D eigenvalue weighted by Gasteiger charge is -2.23.